The number of esters is 1. The lowest BCUT2D eigenvalue weighted by molar-refractivity contribution is -0.143. The van der Waals surface area contributed by atoms with Crippen molar-refractivity contribution in [3.05, 3.63) is 28.8 Å². The fraction of sp³-hybridized carbons (Fsp3) is 0.529. The summed E-state index contributed by atoms with van der Waals surface area (Å²) >= 11 is 5.89. The number of hydrogen-bond donors (Lipinski definition) is 1. The maximum absolute atomic E-state index is 11.8. The van der Waals surface area contributed by atoms with Crippen molar-refractivity contribution in [3.63, 3.8) is 0 Å². The van der Waals surface area contributed by atoms with Gasteiger partial charge in [-0.1, -0.05) is 11.6 Å². The number of halogens is 1. The maximum atomic E-state index is 11.8. The Morgan fingerprint density at radius 2 is 1.96 bits per heavy atom. The lowest BCUT2D eigenvalue weighted by Crippen LogP contribution is -2.44. The van der Waals surface area contributed by atoms with Crippen molar-refractivity contribution in [2.75, 3.05) is 13.7 Å². The molecule has 0 heterocycles. The van der Waals surface area contributed by atoms with Gasteiger partial charge < -0.3 is 19.5 Å². The molecule has 0 spiro atoms. The third kappa shape index (κ3) is 7.08. The molecule has 0 unspecified atom stereocenters. The molecule has 0 aliphatic rings. The first kappa shape index (κ1) is 20.1. The normalized spacial score (nSPS) is 12.2. The number of carbonyl (C=O) groups is 2. The predicted molar refractivity (Wildman–Crippen MR) is 91.5 cm³/mol. The summed E-state index contributed by atoms with van der Waals surface area (Å²) in [5, 5.41) is 3.12. The van der Waals surface area contributed by atoms with Crippen molar-refractivity contribution in [1.29, 1.82) is 0 Å². The minimum absolute atomic E-state index is 0.220. The van der Waals surface area contributed by atoms with Gasteiger partial charge in [-0.05, 0) is 51.5 Å². The number of aryl methyl sites for hydroxylation is 1. The fourth-order valence-corrected chi connectivity index (χ4v) is 2.13. The van der Waals surface area contributed by atoms with Gasteiger partial charge in [-0.2, -0.15) is 0 Å². The molecule has 1 aromatic carbocycles. The Bertz CT molecular complexity index is 583. The second kappa shape index (κ2) is 8.78. The van der Waals surface area contributed by atoms with Gasteiger partial charge in [0.15, 0.2) is 0 Å². The molecule has 6 nitrogen and oxygen atoms in total. The zero-order valence-corrected chi connectivity index (χ0v) is 15.4. The fourth-order valence-electron chi connectivity index (χ4n) is 1.90. The number of alkyl carbamates (subject to hydrolysis) is 1. The van der Waals surface area contributed by atoms with E-state index < -0.39 is 23.7 Å². The minimum Gasteiger partial charge on any atom is -0.493 e. The second-order valence-electron chi connectivity index (χ2n) is 6.27. The summed E-state index contributed by atoms with van der Waals surface area (Å²) in [5.41, 5.74) is 0.235. The van der Waals surface area contributed by atoms with Gasteiger partial charge in [0, 0.05) is 11.4 Å². The number of ether oxygens (including phenoxy) is 3. The number of hydrogen-bond acceptors (Lipinski definition) is 5. The predicted octanol–water partition coefficient (Wildman–Crippen LogP) is 3.48. The summed E-state index contributed by atoms with van der Waals surface area (Å²) < 4.78 is 15.5. The highest BCUT2D eigenvalue weighted by molar-refractivity contribution is 6.30. The molecule has 0 saturated heterocycles. The molecule has 0 saturated carbocycles. The Morgan fingerprint density at radius 3 is 2.50 bits per heavy atom. The Balaban J connectivity index is 2.60. The van der Waals surface area contributed by atoms with Gasteiger partial charge in [-0.25, -0.2) is 9.59 Å². The van der Waals surface area contributed by atoms with Gasteiger partial charge in [0.25, 0.3) is 0 Å². The van der Waals surface area contributed by atoms with Crippen molar-refractivity contribution in [2.45, 2.75) is 45.8 Å². The first-order valence-electron chi connectivity index (χ1n) is 7.58. The molecule has 1 atom stereocenters. The average molecular weight is 358 g/mol. The SMILES string of the molecule is COC(=O)[C@H](CCOc1ccc(Cl)cc1C)NC(=O)OC(C)(C)C. The third-order valence-corrected chi connectivity index (χ3v) is 3.21. The molecule has 1 amide bonds. The monoisotopic (exact) mass is 357 g/mol. The van der Waals surface area contributed by atoms with Gasteiger partial charge in [-0.3, -0.25) is 0 Å². The van der Waals surface area contributed by atoms with Crippen LogP contribution in [0.3, 0.4) is 0 Å². The Hall–Kier alpha value is -1.95. The quantitative estimate of drug-likeness (QED) is 0.789. The van der Waals surface area contributed by atoms with Gasteiger partial charge >= 0.3 is 12.1 Å². The largest absolute Gasteiger partial charge is 0.493 e. The van der Waals surface area contributed by atoms with Crippen molar-refractivity contribution < 1.29 is 23.8 Å². The van der Waals surface area contributed by atoms with Crippen LogP contribution < -0.4 is 10.1 Å². The van der Waals surface area contributed by atoms with E-state index in [0.29, 0.717) is 10.8 Å². The molecule has 0 radical (unpaired) electrons. The summed E-state index contributed by atoms with van der Waals surface area (Å²) in [4.78, 5) is 23.6. The van der Waals surface area contributed by atoms with Gasteiger partial charge in [0.1, 0.15) is 17.4 Å². The first-order chi connectivity index (χ1) is 11.1. The van der Waals surface area contributed by atoms with Crippen molar-refractivity contribution >= 4 is 23.7 Å². The molecule has 1 N–H and O–H groups in total. The summed E-state index contributed by atoms with van der Waals surface area (Å²) in [6.45, 7) is 7.32. The molecule has 7 heteroatoms. The maximum Gasteiger partial charge on any atom is 0.408 e. The summed E-state index contributed by atoms with van der Waals surface area (Å²) in [7, 11) is 1.26. The highest BCUT2D eigenvalue weighted by atomic mass is 35.5. The zero-order valence-electron chi connectivity index (χ0n) is 14.6. The van der Waals surface area contributed by atoms with E-state index in [2.05, 4.69) is 5.32 Å². The van der Waals surface area contributed by atoms with E-state index >= 15 is 0 Å². The third-order valence-electron chi connectivity index (χ3n) is 2.98. The highest BCUT2D eigenvalue weighted by Gasteiger charge is 2.25. The summed E-state index contributed by atoms with van der Waals surface area (Å²) in [5.74, 6) is 0.109. The number of rotatable bonds is 6. The van der Waals surface area contributed by atoms with Crippen molar-refractivity contribution in [3.8, 4) is 5.75 Å². The van der Waals surface area contributed by atoms with Gasteiger partial charge in [0.2, 0.25) is 0 Å². The molecule has 0 bridgehead atoms. The lowest BCUT2D eigenvalue weighted by atomic mass is 10.2. The van der Waals surface area contributed by atoms with Gasteiger partial charge in [-0.15, -0.1) is 0 Å². The molecular formula is C17H24ClNO5. The van der Waals surface area contributed by atoms with Crippen molar-refractivity contribution in [2.24, 2.45) is 0 Å². The van der Waals surface area contributed by atoms with E-state index in [4.69, 9.17) is 25.8 Å². The molecule has 1 aromatic rings. The number of benzene rings is 1. The summed E-state index contributed by atoms with van der Waals surface area (Å²) in [6, 6.07) is 4.41. The van der Waals surface area contributed by atoms with Crippen LogP contribution in [0.4, 0.5) is 4.79 Å². The molecule has 1 rings (SSSR count). The van der Waals surface area contributed by atoms with Crippen molar-refractivity contribution in [1.82, 2.24) is 5.32 Å². The minimum atomic E-state index is -0.850. The highest BCUT2D eigenvalue weighted by Crippen LogP contribution is 2.22. The number of carbonyl (C=O) groups excluding carboxylic acids is 2. The molecule has 0 aromatic heterocycles. The Kier molecular flexibility index (Phi) is 7.35. The Labute approximate surface area is 147 Å². The van der Waals surface area contributed by atoms with Crippen LogP contribution in [-0.2, 0) is 14.3 Å². The van der Waals surface area contributed by atoms with E-state index in [-0.39, 0.29) is 13.0 Å². The number of nitrogens with one attached hydrogen (secondary N) is 1. The van der Waals surface area contributed by atoms with E-state index in [1.165, 1.54) is 7.11 Å². The van der Waals surface area contributed by atoms with Gasteiger partial charge in [0.05, 0.1) is 13.7 Å². The van der Waals surface area contributed by atoms with Crippen LogP contribution in [0, 0.1) is 6.92 Å². The lowest BCUT2D eigenvalue weighted by Gasteiger charge is -2.22. The zero-order chi connectivity index (χ0) is 18.3. The Morgan fingerprint density at radius 1 is 1.29 bits per heavy atom. The summed E-state index contributed by atoms with van der Waals surface area (Å²) in [6.07, 6.45) is -0.436. The van der Waals surface area contributed by atoms with Crippen LogP contribution in [0.1, 0.15) is 32.8 Å². The van der Waals surface area contributed by atoms with Crippen LogP contribution in [-0.4, -0.2) is 37.4 Å². The van der Waals surface area contributed by atoms with Crippen LogP contribution in [0.5, 0.6) is 5.75 Å². The molecule has 0 fully saturated rings. The molecular weight excluding hydrogens is 334 g/mol. The van der Waals surface area contributed by atoms with Crippen LogP contribution in [0.25, 0.3) is 0 Å². The second-order valence-corrected chi connectivity index (χ2v) is 6.71. The van der Waals surface area contributed by atoms with Crippen LogP contribution >= 0.6 is 11.6 Å². The standard InChI is InChI=1S/C17H24ClNO5/c1-11-10-12(18)6-7-14(11)23-9-8-13(15(20)22-5)19-16(21)24-17(2,3)4/h6-7,10,13H,8-9H2,1-5H3,(H,19,21)/t13-/m0/s1. The van der Waals surface area contributed by atoms with E-state index in [0.717, 1.165) is 5.56 Å². The van der Waals surface area contributed by atoms with Crippen LogP contribution in [0.15, 0.2) is 18.2 Å². The molecule has 134 valence electrons. The molecule has 0 aliphatic carbocycles. The topological polar surface area (TPSA) is 73.9 Å². The number of amides is 1. The smallest absolute Gasteiger partial charge is 0.408 e. The van der Waals surface area contributed by atoms with E-state index in [9.17, 15) is 9.59 Å². The van der Waals surface area contributed by atoms with E-state index in [1.54, 1.807) is 39.0 Å². The van der Waals surface area contributed by atoms with Crippen LogP contribution in [0.2, 0.25) is 5.02 Å². The van der Waals surface area contributed by atoms with E-state index in [1.807, 2.05) is 6.92 Å². The first-order valence-corrected chi connectivity index (χ1v) is 7.96. The average Bonchev–Trinajstić information content (AvgIpc) is 2.45. The number of methoxy groups -OCH3 is 1. The molecule has 0 aliphatic heterocycles. The molecule has 24 heavy (non-hydrogen) atoms.